The second kappa shape index (κ2) is 7.25. The van der Waals surface area contributed by atoms with Crippen molar-refractivity contribution in [1.82, 2.24) is 15.1 Å². The number of para-hydroxylation sites is 1. The Balaban J connectivity index is 2.20. The number of hydrogen-bond donors (Lipinski definition) is 1. The second-order valence-corrected chi connectivity index (χ2v) is 5.36. The van der Waals surface area contributed by atoms with Crippen molar-refractivity contribution in [3.63, 3.8) is 0 Å². The summed E-state index contributed by atoms with van der Waals surface area (Å²) in [5, 5.41) is 8.10. The van der Waals surface area contributed by atoms with E-state index in [0.717, 1.165) is 12.2 Å². The molecular formula is C17H25N3. The smallest absolute Gasteiger partial charge is 0.0645 e. The van der Waals surface area contributed by atoms with E-state index in [2.05, 4.69) is 49.5 Å². The highest BCUT2D eigenvalue weighted by atomic mass is 15.3. The lowest BCUT2D eigenvalue weighted by Gasteiger charge is -2.23. The van der Waals surface area contributed by atoms with Crippen LogP contribution in [0.15, 0.2) is 42.7 Å². The Morgan fingerprint density at radius 3 is 2.60 bits per heavy atom. The van der Waals surface area contributed by atoms with Crippen LogP contribution in [0.3, 0.4) is 0 Å². The molecule has 2 unspecified atom stereocenters. The predicted octanol–water partition coefficient (Wildman–Crippen LogP) is 3.96. The molecule has 0 saturated carbocycles. The van der Waals surface area contributed by atoms with E-state index in [1.165, 1.54) is 18.4 Å². The van der Waals surface area contributed by atoms with Gasteiger partial charge in [-0.15, -0.1) is 0 Å². The molecule has 0 fully saturated rings. The van der Waals surface area contributed by atoms with Gasteiger partial charge in [0, 0.05) is 17.8 Å². The van der Waals surface area contributed by atoms with Crippen molar-refractivity contribution in [2.75, 3.05) is 6.54 Å². The zero-order valence-electron chi connectivity index (χ0n) is 12.7. The molecule has 3 nitrogen and oxygen atoms in total. The number of hydrogen-bond acceptors (Lipinski definition) is 2. The summed E-state index contributed by atoms with van der Waals surface area (Å²) in [4.78, 5) is 0. The molecule has 2 atom stereocenters. The molecule has 2 aromatic rings. The quantitative estimate of drug-likeness (QED) is 0.826. The summed E-state index contributed by atoms with van der Waals surface area (Å²) in [6.45, 7) is 7.70. The number of rotatable bonds is 7. The molecule has 108 valence electrons. The van der Waals surface area contributed by atoms with E-state index in [1.807, 2.05) is 29.1 Å². The lowest BCUT2D eigenvalue weighted by atomic mass is 9.93. The third-order valence-electron chi connectivity index (χ3n) is 3.72. The van der Waals surface area contributed by atoms with Gasteiger partial charge < -0.3 is 5.32 Å². The summed E-state index contributed by atoms with van der Waals surface area (Å²) in [5.74, 6) is 0.619. The van der Waals surface area contributed by atoms with Crippen molar-refractivity contribution in [2.45, 2.75) is 39.7 Å². The Morgan fingerprint density at radius 2 is 1.95 bits per heavy atom. The largest absolute Gasteiger partial charge is 0.310 e. The highest BCUT2D eigenvalue weighted by Crippen LogP contribution is 2.25. The molecule has 0 radical (unpaired) electrons. The van der Waals surface area contributed by atoms with Crippen LogP contribution in [-0.4, -0.2) is 16.3 Å². The van der Waals surface area contributed by atoms with Crippen LogP contribution in [-0.2, 0) is 0 Å². The number of aromatic nitrogens is 2. The first-order valence-corrected chi connectivity index (χ1v) is 7.59. The maximum atomic E-state index is 4.51. The molecule has 0 aliphatic carbocycles. The molecule has 0 aliphatic rings. The predicted molar refractivity (Wildman–Crippen MR) is 84.1 cm³/mol. The third-order valence-corrected chi connectivity index (χ3v) is 3.72. The molecule has 1 heterocycles. The van der Waals surface area contributed by atoms with Crippen LogP contribution < -0.4 is 5.32 Å². The van der Waals surface area contributed by atoms with Crippen molar-refractivity contribution < 1.29 is 0 Å². The summed E-state index contributed by atoms with van der Waals surface area (Å²) in [7, 11) is 0. The van der Waals surface area contributed by atoms with Crippen molar-refractivity contribution in [3.8, 4) is 5.69 Å². The number of nitrogens with zero attached hydrogens (tertiary/aromatic N) is 2. The highest BCUT2D eigenvalue weighted by Gasteiger charge is 2.19. The molecular weight excluding hydrogens is 246 g/mol. The molecule has 0 amide bonds. The van der Waals surface area contributed by atoms with Gasteiger partial charge in [-0.25, -0.2) is 4.68 Å². The average molecular weight is 271 g/mol. The van der Waals surface area contributed by atoms with Gasteiger partial charge in [0.25, 0.3) is 0 Å². The van der Waals surface area contributed by atoms with Crippen LogP contribution in [0, 0.1) is 5.92 Å². The van der Waals surface area contributed by atoms with Gasteiger partial charge in [0.15, 0.2) is 0 Å². The normalized spacial score (nSPS) is 14.2. The summed E-state index contributed by atoms with van der Waals surface area (Å²) < 4.78 is 1.96. The van der Waals surface area contributed by atoms with Crippen molar-refractivity contribution >= 4 is 0 Å². The summed E-state index contributed by atoms with van der Waals surface area (Å²) in [6, 6.07) is 10.6. The second-order valence-electron chi connectivity index (χ2n) is 5.36. The molecule has 1 aromatic carbocycles. The van der Waals surface area contributed by atoms with Crippen LogP contribution in [0.1, 0.15) is 45.2 Å². The van der Waals surface area contributed by atoms with Crippen LogP contribution in [0.5, 0.6) is 0 Å². The summed E-state index contributed by atoms with van der Waals surface area (Å²) in [6.07, 6.45) is 6.59. The Labute approximate surface area is 122 Å². The molecule has 3 heteroatoms. The fourth-order valence-electron chi connectivity index (χ4n) is 2.71. The van der Waals surface area contributed by atoms with Crippen molar-refractivity contribution in [3.05, 3.63) is 48.3 Å². The minimum absolute atomic E-state index is 0.386. The zero-order valence-corrected chi connectivity index (χ0v) is 12.7. The van der Waals surface area contributed by atoms with E-state index in [-0.39, 0.29) is 0 Å². The van der Waals surface area contributed by atoms with Gasteiger partial charge in [0.1, 0.15) is 0 Å². The van der Waals surface area contributed by atoms with Gasteiger partial charge in [-0.05, 0) is 31.0 Å². The SMILES string of the molecule is CCCC(C)C(NCC)c1cnn(-c2ccccc2)c1. The van der Waals surface area contributed by atoms with Crippen LogP contribution in [0.4, 0.5) is 0 Å². The molecule has 2 rings (SSSR count). The number of nitrogens with one attached hydrogen (secondary N) is 1. The fraction of sp³-hybridized carbons (Fsp3) is 0.471. The van der Waals surface area contributed by atoms with Crippen LogP contribution in [0.25, 0.3) is 5.69 Å². The summed E-state index contributed by atoms with van der Waals surface area (Å²) in [5.41, 5.74) is 2.38. The molecule has 0 bridgehead atoms. The van der Waals surface area contributed by atoms with Gasteiger partial charge in [-0.1, -0.05) is 45.4 Å². The fourth-order valence-corrected chi connectivity index (χ4v) is 2.71. The van der Waals surface area contributed by atoms with Gasteiger partial charge in [-0.2, -0.15) is 5.10 Å². The lowest BCUT2D eigenvalue weighted by molar-refractivity contribution is 0.369. The maximum Gasteiger partial charge on any atom is 0.0645 e. The van der Waals surface area contributed by atoms with E-state index in [0.29, 0.717) is 12.0 Å². The van der Waals surface area contributed by atoms with Crippen molar-refractivity contribution in [1.29, 1.82) is 0 Å². The Kier molecular flexibility index (Phi) is 5.36. The van der Waals surface area contributed by atoms with E-state index in [9.17, 15) is 0 Å². The minimum Gasteiger partial charge on any atom is -0.310 e. The van der Waals surface area contributed by atoms with Gasteiger partial charge in [0.05, 0.1) is 11.9 Å². The third kappa shape index (κ3) is 3.48. The van der Waals surface area contributed by atoms with E-state index < -0.39 is 0 Å². The monoisotopic (exact) mass is 271 g/mol. The van der Waals surface area contributed by atoms with E-state index in [4.69, 9.17) is 0 Å². The number of benzene rings is 1. The topological polar surface area (TPSA) is 29.9 Å². The Hall–Kier alpha value is -1.61. The molecule has 0 saturated heterocycles. The average Bonchev–Trinajstić information content (AvgIpc) is 2.95. The molecule has 1 aromatic heterocycles. The van der Waals surface area contributed by atoms with Crippen molar-refractivity contribution in [2.24, 2.45) is 5.92 Å². The standard InChI is InChI=1S/C17H25N3/c1-4-9-14(3)17(18-5-2)15-12-19-20(13-15)16-10-7-6-8-11-16/h6-8,10-14,17-18H,4-5,9H2,1-3H3. The molecule has 1 N–H and O–H groups in total. The molecule has 0 spiro atoms. The first-order chi connectivity index (χ1) is 9.76. The van der Waals surface area contributed by atoms with Gasteiger partial charge in [-0.3, -0.25) is 0 Å². The Morgan fingerprint density at radius 1 is 1.20 bits per heavy atom. The maximum absolute atomic E-state index is 4.51. The van der Waals surface area contributed by atoms with Gasteiger partial charge >= 0.3 is 0 Å². The highest BCUT2D eigenvalue weighted by molar-refractivity contribution is 5.31. The molecule has 0 aliphatic heterocycles. The van der Waals surface area contributed by atoms with Gasteiger partial charge in [0.2, 0.25) is 0 Å². The molecule has 20 heavy (non-hydrogen) atoms. The van der Waals surface area contributed by atoms with Crippen LogP contribution >= 0.6 is 0 Å². The Bertz CT molecular complexity index is 504. The van der Waals surface area contributed by atoms with E-state index in [1.54, 1.807) is 0 Å². The lowest BCUT2D eigenvalue weighted by Crippen LogP contribution is -2.26. The summed E-state index contributed by atoms with van der Waals surface area (Å²) >= 11 is 0. The van der Waals surface area contributed by atoms with E-state index >= 15 is 0 Å². The van der Waals surface area contributed by atoms with Crippen LogP contribution in [0.2, 0.25) is 0 Å². The first-order valence-electron chi connectivity index (χ1n) is 7.59. The first kappa shape index (κ1) is 14.8. The minimum atomic E-state index is 0.386. The zero-order chi connectivity index (χ0) is 14.4.